The number of H-pyrrole nitrogens is 1. The third kappa shape index (κ3) is 5.37. The van der Waals surface area contributed by atoms with Crippen molar-refractivity contribution in [2.24, 2.45) is 0 Å². The van der Waals surface area contributed by atoms with E-state index >= 15 is 0 Å². The normalized spacial score (nSPS) is 14.2. The van der Waals surface area contributed by atoms with E-state index in [4.69, 9.17) is 4.98 Å². The fourth-order valence-corrected chi connectivity index (χ4v) is 4.69. The van der Waals surface area contributed by atoms with E-state index in [1.165, 1.54) is 0 Å². The lowest BCUT2D eigenvalue weighted by Crippen LogP contribution is -2.47. The first kappa shape index (κ1) is 24.2. The number of fused-ring (bicyclic) bond motifs is 1. The number of rotatable bonds is 6. The van der Waals surface area contributed by atoms with Crippen LogP contribution in [0.25, 0.3) is 23.1 Å². The molecule has 0 aliphatic carbocycles. The molecule has 0 spiro atoms. The van der Waals surface area contributed by atoms with Gasteiger partial charge >= 0.3 is 0 Å². The van der Waals surface area contributed by atoms with Crippen LogP contribution >= 0.6 is 0 Å². The lowest BCUT2D eigenvalue weighted by atomic mass is 10.1. The number of benzene rings is 1. The fraction of sp³-hybridized carbons (Fsp3) is 0.241. The number of amides is 1. The molecule has 0 radical (unpaired) electrons. The molecule has 0 bridgehead atoms. The summed E-state index contributed by atoms with van der Waals surface area (Å²) >= 11 is 0. The topological polar surface area (TPSA) is 101 Å². The monoisotopic (exact) mass is 491 g/mol. The maximum atomic E-state index is 11.6. The number of nitrogens with zero attached hydrogens (tertiary/aromatic N) is 5. The standard InChI is InChI=1S/C29H29N7O/c1-20-26-10-11-32-28(26)9-8-27(20)34-29-22(17-31-18-23(29)16-30)6-7-24-4-3-5-25(33-24)19-35-12-14-36(15-13-35)21(2)37/h3-11,17-18,32H,12-15,19H2,1-2H3,(H,31,34). The Morgan fingerprint density at radius 2 is 1.97 bits per heavy atom. The van der Waals surface area contributed by atoms with Gasteiger partial charge in [-0.1, -0.05) is 6.07 Å². The van der Waals surface area contributed by atoms with Gasteiger partial charge < -0.3 is 15.2 Å². The first-order chi connectivity index (χ1) is 18.0. The number of hydrogen-bond donors (Lipinski definition) is 2. The highest BCUT2D eigenvalue weighted by molar-refractivity contribution is 5.90. The van der Waals surface area contributed by atoms with E-state index in [0.29, 0.717) is 11.3 Å². The fourth-order valence-electron chi connectivity index (χ4n) is 4.69. The Kier molecular flexibility index (Phi) is 6.97. The van der Waals surface area contributed by atoms with Crippen LogP contribution in [0.3, 0.4) is 0 Å². The number of pyridine rings is 2. The molecule has 1 amide bonds. The van der Waals surface area contributed by atoms with Gasteiger partial charge in [-0.25, -0.2) is 0 Å². The maximum Gasteiger partial charge on any atom is 0.219 e. The van der Waals surface area contributed by atoms with Gasteiger partial charge in [0.1, 0.15) is 6.07 Å². The quantitative estimate of drug-likeness (QED) is 0.405. The second-order valence-electron chi connectivity index (χ2n) is 9.23. The van der Waals surface area contributed by atoms with Gasteiger partial charge in [0.25, 0.3) is 0 Å². The van der Waals surface area contributed by atoms with Crippen molar-refractivity contribution in [3.05, 3.63) is 83.1 Å². The lowest BCUT2D eigenvalue weighted by molar-refractivity contribution is -0.130. The van der Waals surface area contributed by atoms with Crippen LogP contribution in [-0.2, 0) is 11.3 Å². The SMILES string of the molecule is CC(=O)N1CCN(Cc2cccc(C=Cc3cncc(C#N)c3Nc3ccc4[nH]ccc4c3C)n2)CC1. The predicted octanol–water partition coefficient (Wildman–Crippen LogP) is 4.72. The van der Waals surface area contributed by atoms with E-state index in [2.05, 4.69) is 39.2 Å². The summed E-state index contributed by atoms with van der Waals surface area (Å²) in [5, 5.41) is 14.4. The van der Waals surface area contributed by atoms with E-state index in [0.717, 1.165) is 71.8 Å². The zero-order valence-corrected chi connectivity index (χ0v) is 21.0. The molecule has 0 saturated carbocycles. The molecule has 1 saturated heterocycles. The van der Waals surface area contributed by atoms with Crippen LogP contribution in [0.15, 0.2) is 55.0 Å². The number of carbonyl (C=O) groups excluding carboxylic acids is 1. The molecule has 4 aromatic rings. The molecule has 8 nitrogen and oxygen atoms in total. The number of hydrogen-bond acceptors (Lipinski definition) is 6. The molecule has 37 heavy (non-hydrogen) atoms. The number of nitriles is 1. The Bertz CT molecular complexity index is 1510. The third-order valence-electron chi connectivity index (χ3n) is 6.82. The van der Waals surface area contributed by atoms with Gasteiger partial charge in [-0.2, -0.15) is 5.26 Å². The maximum absolute atomic E-state index is 11.6. The molecule has 0 unspecified atom stereocenters. The van der Waals surface area contributed by atoms with Crippen molar-refractivity contribution in [1.29, 1.82) is 5.26 Å². The highest BCUT2D eigenvalue weighted by atomic mass is 16.2. The lowest BCUT2D eigenvalue weighted by Gasteiger charge is -2.33. The van der Waals surface area contributed by atoms with Crippen molar-refractivity contribution in [2.45, 2.75) is 20.4 Å². The van der Waals surface area contributed by atoms with Gasteiger partial charge in [0.2, 0.25) is 5.91 Å². The molecule has 2 N–H and O–H groups in total. The van der Waals surface area contributed by atoms with E-state index in [-0.39, 0.29) is 5.91 Å². The van der Waals surface area contributed by atoms with Gasteiger partial charge in [-0.3, -0.25) is 19.7 Å². The minimum absolute atomic E-state index is 0.133. The molecule has 0 atom stereocenters. The molecule has 8 heteroatoms. The summed E-state index contributed by atoms with van der Waals surface area (Å²) in [6.45, 7) is 7.63. The summed E-state index contributed by atoms with van der Waals surface area (Å²) < 4.78 is 0. The van der Waals surface area contributed by atoms with Crippen LogP contribution < -0.4 is 5.32 Å². The van der Waals surface area contributed by atoms with Crippen LogP contribution in [0.4, 0.5) is 11.4 Å². The summed E-state index contributed by atoms with van der Waals surface area (Å²) in [6.07, 6.45) is 9.15. The molecular formula is C29H29N7O. The van der Waals surface area contributed by atoms with Gasteiger partial charge in [0.15, 0.2) is 0 Å². The smallest absolute Gasteiger partial charge is 0.219 e. The minimum Gasteiger partial charge on any atom is -0.361 e. The average Bonchev–Trinajstić information content (AvgIpc) is 3.40. The number of carbonyl (C=O) groups is 1. The summed E-state index contributed by atoms with van der Waals surface area (Å²) in [5.41, 5.74) is 6.93. The molecule has 4 heterocycles. The summed E-state index contributed by atoms with van der Waals surface area (Å²) in [4.78, 5) is 28.1. The Morgan fingerprint density at radius 1 is 1.14 bits per heavy atom. The van der Waals surface area contributed by atoms with Crippen LogP contribution in [0.5, 0.6) is 0 Å². The predicted molar refractivity (Wildman–Crippen MR) is 146 cm³/mol. The molecule has 1 aromatic carbocycles. The number of aromatic nitrogens is 3. The average molecular weight is 492 g/mol. The Balaban J connectivity index is 1.35. The third-order valence-corrected chi connectivity index (χ3v) is 6.82. The van der Waals surface area contributed by atoms with Crippen LogP contribution in [0, 0.1) is 18.3 Å². The second kappa shape index (κ2) is 10.6. The van der Waals surface area contributed by atoms with Crippen LogP contribution in [0.2, 0.25) is 0 Å². The summed E-state index contributed by atoms with van der Waals surface area (Å²) in [7, 11) is 0. The van der Waals surface area contributed by atoms with Crippen molar-refractivity contribution in [3.63, 3.8) is 0 Å². The van der Waals surface area contributed by atoms with Gasteiger partial charge in [0.05, 0.1) is 22.6 Å². The number of aryl methyl sites for hydroxylation is 1. The number of piperazine rings is 1. The molecule has 3 aromatic heterocycles. The van der Waals surface area contributed by atoms with Crippen molar-refractivity contribution < 1.29 is 4.79 Å². The van der Waals surface area contributed by atoms with E-state index in [1.54, 1.807) is 19.3 Å². The number of aromatic amines is 1. The van der Waals surface area contributed by atoms with E-state index in [1.807, 2.05) is 53.6 Å². The highest BCUT2D eigenvalue weighted by Gasteiger charge is 2.19. The Morgan fingerprint density at radius 3 is 2.76 bits per heavy atom. The zero-order chi connectivity index (χ0) is 25.8. The number of anilines is 2. The summed E-state index contributed by atoms with van der Waals surface area (Å²) in [5.74, 6) is 0.133. The summed E-state index contributed by atoms with van der Waals surface area (Å²) in [6, 6.07) is 14.4. The zero-order valence-electron chi connectivity index (χ0n) is 21.0. The van der Waals surface area contributed by atoms with Crippen LogP contribution in [0.1, 0.15) is 35.0 Å². The minimum atomic E-state index is 0.133. The largest absolute Gasteiger partial charge is 0.361 e. The Hall–Kier alpha value is -4.48. The van der Waals surface area contributed by atoms with Crippen molar-refractivity contribution in [3.8, 4) is 6.07 Å². The van der Waals surface area contributed by atoms with Gasteiger partial charge in [-0.05, 0) is 55.0 Å². The molecular weight excluding hydrogens is 462 g/mol. The second-order valence-corrected chi connectivity index (χ2v) is 9.23. The molecule has 186 valence electrons. The molecule has 1 fully saturated rings. The van der Waals surface area contributed by atoms with E-state index in [9.17, 15) is 10.1 Å². The van der Waals surface area contributed by atoms with Crippen LogP contribution in [-0.4, -0.2) is 56.8 Å². The number of nitrogens with one attached hydrogen (secondary N) is 2. The highest BCUT2D eigenvalue weighted by Crippen LogP contribution is 2.31. The van der Waals surface area contributed by atoms with Crippen molar-refractivity contribution in [1.82, 2.24) is 24.8 Å². The first-order valence-electron chi connectivity index (χ1n) is 12.4. The molecule has 1 aliphatic heterocycles. The van der Waals surface area contributed by atoms with Gasteiger partial charge in [0, 0.05) is 80.4 Å². The molecule has 1 aliphatic rings. The van der Waals surface area contributed by atoms with E-state index < -0.39 is 0 Å². The van der Waals surface area contributed by atoms with Gasteiger partial charge in [-0.15, -0.1) is 0 Å². The van der Waals surface area contributed by atoms with Crippen molar-refractivity contribution in [2.75, 3.05) is 31.5 Å². The first-order valence-corrected chi connectivity index (χ1v) is 12.4. The molecule has 5 rings (SSSR count). The Labute approximate surface area is 216 Å². The van der Waals surface area contributed by atoms with Crippen molar-refractivity contribution >= 4 is 40.3 Å².